The van der Waals surface area contributed by atoms with Gasteiger partial charge in [-0.3, -0.25) is 5.43 Å². The molecule has 170 valence electrons. The van der Waals surface area contributed by atoms with Crippen LogP contribution in [-0.2, 0) is 10.0 Å². The molecule has 0 saturated carbocycles. The van der Waals surface area contributed by atoms with Crippen LogP contribution < -0.4 is 10.2 Å². The predicted molar refractivity (Wildman–Crippen MR) is 128 cm³/mol. The Bertz CT molecular complexity index is 1190. The standard InChI is InChI=1S/C22H26N4O4S2/c1-4-26(5-2)32(28,29)18-9-7-8-17(13-18)19-15-31-22(24-19)25-23-14-16-10-11-20(27)21(12-16)30-6-3/h7-15,27H,4-6H2,1-3H3,(H,24,25). The molecule has 0 saturated heterocycles. The van der Waals surface area contributed by atoms with Gasteiger partial charge in [0.15, 0.2) is 11.5 Å². The number of aromatic nitrogens is 1. The second-order valence-corrected chi connectivity index (χ2v) is 9.48. The molecule has 10 heteroatoms. The van der Waals surface area contributed by atoms with E-state index in [-0.39, 0.29) is 10.6 Å². The minimum Gasteiger partial charge on any atom is -0.504 e. The maximum atomic E-state index is 12.8. The molecule has 0 amide bonds. The summed E-state index contributed by atoms with van der Waals surface area (Å²) in [4.78, 5) is 4.75. The number of benzene rings is 2. The average Bonchev–Trinajstić information content (AvgIpc) is 3.26. The molecule has 0 aliphatic rings. The van der Waals surface area contributed by atoms with Crippen LogP contribution in [0.1, 0.15) is 26.3 Å². The first kappa shape index (κ1) is 23.7. The Morgan fingerprint density at radius 2 is 1.97 bits per heavy atom. The molecule has 0 bridgehead atoms. The van der Waals surface area contributed by atoms with Gasteiger partial charge in [-0.05, 0) is 42.8 Å². The quantitative estimate of drug-likeness (QED) is 0.334. The minimum absolute atomic E-state index is 0.0757. The number of phenolic OH excluding ortho intramolecular Hbond substituents is 1. The molecule has 1 heterocycles. The third kappa shape index (κ3) is 5.45. The van der Waals surface area contributed by atoms with E-state index in [1.807, 2.05) is 32.2 Å². The monoisotopic (exact) mass is 474 g/mol. The largest absolute Gasteiger partial charge is 0.504 e. The van der Waals surface area contributed by atoms with Crippen LogP contribution in [0, 0.1) is 0 Å². The highest BCUT2D eigenvalue weighted by Gasteiger charge is 2.22. The van der Waals surface area contributed by atoms with E-state index in [9.17, 15) is 13.5 Å². The van der Waals surface area contributed by atoms with Gasteiger partial charge >= 0.3 is 0 Å². The number of hydrogen-bond donors (Lipinski definition) is 2. The van der Waals surface area contributed by atoms with Crippen LogP contribution >= 0.6 is 11.3 Å². The zero-order valence-corrected chi connectivity index (χ0v) is 19.8. The van der Waals surface area contributed by atoms with Crippen LogP contribution in [0.2, 0.25) is 0 Å². The summed E-state index contributed by atoms with van der Waals surface area (Å²) in [5.74, 6) is 0.472. The summed E-state index contributed by atoms with van der Waals surface area (Å²) in [6.45, 7) is 6.76. The summed E-state index contributed by atoms with van der Waals surface area (Å²) in [6.07, 6.45) is 1.60. The van der Waals surface area contributed by atoms with E-state index in [4.69, 9.17) is 4.74 Å². The van der Waals surface area contributed by atoms with E-state index in [1.165, 1.54) is 15.6 Å². The van der Waals surface area contributed by atoms with Crippen LogP contribution in [0.5, 0.6) is 11.5 Å². The van der Waals surface area contributed by atoms with Crippen molar-refractivity contribution in [2.45, 2.75) is 25.7 Å². The Balaban J connectivity index is 1.74. The van der Waals surface area contributed by atoms with Gasteiger partial charge in [0, 0.05) is 24.0 Å². The van der Waals surface area contributed by atoms with Gasteiger partial charge in [-0.2, -0.15) is 9.41 Å². The van der Waals surface area contributed by atoms with Crippen molar-refractivity contribution in [1.29, 1.82) is 0 Å². The number of thiazole rings is 1. The molecular formula is C22H26N4O4S2. The van der Waals surface area contributed by atoms with Gasteiger partial charge in [0.25, 0.3) is 0 Å². The van der Waals surface area contributed by atoms with Crippen molar-refractivity contribution in [2.75, 3.05) is 25.1 Å². The number of hydrogen-bond acceptors (Lipinski definition) is 8. The highest BCUT2D eigenvalue weighted by atomic mass is 32.2. The Kier molecular flexibility index (Phi) is 7.84. The lowest BCUT2D eigenvalue weighted by molar-refractivity contribution is 0.318. The van der Waals surface area contributed by atoms with Gasteiger partial charge in [-0.1, -0.05) is 26.0 Å². The smallest absolute Gasteiger partial charge is 0.243 e. The summed E-state index contributed by atoms with van der Waals surface area (Å²) in [7, 11) is -3.54. The topological polar surface area (TPSA) is 104 Å². The van der Waals surface area contributed by atoms with Crippen molar-refractivity contribution in [2.24, 2.45) is 5.10 Å². The Morgan fingerprint density at radius 3 is 2.69 bits per heavy atom. The van der Waals surface area contributed by atoms with Gasteiger partial charge in [0.05, 0.1) is 23.4 Å². The maximum absolute atomic E-state index is 12.8. The molecule has 0 fully saturated rings. The fraction of sp³-hybridized carbons (Fsp3) is 0.273. The molecule has 32 heavy (non-hydrogen) atoms. The summed E-state index contributed by atoms with van der Waals surface area (Å²) in [5, 5.41) is 16.4. The lowest BCUT2D eigenvalue weighted by Gasteiger charge is -2.18. The number of phenols is 1. The summed E-state index contributed by atoms with van der Waals surface area (Å²) in [6, 6.07) is 11.7. The number of anilines is 1. The van der Waals surface area contributed by atoms with E-state index < -0.39 is 10.0 Å². The zero-order chi connectivity index (χ0) is 23.1. The van der Waals surface area contributed by atoms with Crippen molar-refractivity contribution < 1.29 is 18.3 Å². The average molecular weight is 475 g/mol. The van der Waals surface area contributed by atoms with Crippen LogP contribution in [0.3, 0.4) is 0 Å². The van der Waals surface area contributed by atoms with Gasteiger partial charge in [-0.15, -0.1) is 11.3 Å². The van der Waals surface area contributed by atoms with Crippen molar-refractivity contribution >= 4 is 32.7 Å². The fourth-order valence-electron chi connectivity index (χ4n) is 3.03. The number of nitrogens with zero attached hydrogens (tertiary/aromatic N) is 3. The Morgan fingerprint density at radius 1 is 1.19 bits per heavy atom. The van der Waals surface area contributed by atoms with Crippen LogP contribution in [-0.4, -0.2) is 48.7 Å². The van der Waals surface area contributed by atoms with Crippen LogP contribution in [0.4, 0.5) is 5.13 Å². The minimum atomic E-state index is -3.54. The number of rotatable bonds is 10. The van der Waals surface area contributed by atoms with Crippen molar-refractivity contribution in [3.8, 4) is 22.8 Å². The first-order valence-corrected chi connectivity index (χ1v) is 12.5. The lowest BCUT2D eigenvalue weighted by Crippen LogP contribution is -2.30. The predicted octanol–water partition coefficient (Wildman–Crippen LogP) is 4.39. The first-order valence-electron chi connectivity index (χ1n) is 10.2. The second-order valence-electron chi connectivity index (χ2n) is 6.69. The summed E-state index contributed by atoms with van der Waals surface area (Å²) in [5.41, 5.74) is 5.01. The molecule has 0 aliphatic heterocycles. The molecule has 1 aromatic heterocycles. The molecule has 0 aliphatic carbocycles. The number of ether oxygens (including phenoxy) is 1. The molecule has 3 aromatic rings. The third-order valence-corrected chi connectivity index (χ3v) is 7.43. The van der Waals surface area contributed by atoms with E-state index in [1.54, 1.807) is 42.6 Å². The molecule has 0 radical (unpaired) electrons. The molecule has 0 spiro atoms. The Hall–Kier alpha value is -2.95. The van der Waals surface area contributed by atoms with E-state index in [0.29, 0.717) is 41.8 Å². The first-order chi connectivity index (χ1) is 15.4. The Labute approximate surface area is 192 Å². The molecule has 3 rings (SSSR count). The van der Waals surface area contributed by atoms with Gasteiger partial charge in [0.2, 0.25) is 15.2 Å². The molecule has 8 nitrogen and oxygen atoms in total. The van der Waals surface area contributed by atoms with E-state index >= 15 is 0 Å². The van der Waals surface area contributed by atoms with E-state index in [2.05, 4.69) is 15.5 Å². The zero-order valence-electron chi connectivity index (χ0n) is 18.1. The molecule has 0 unspecified atom stereocenters. The maximum Gasteiger partial charge on any atom is 0.243 e. The highest BCUT2D eigenvalue weighted by Crippen LogP contribution is 2.28. The summed E-state index contributed by atoms with van der Waals surface area (Å²) < 4.78 is 32.4. The molecule has 0 atom stereocenters. The second kappa shape index (κ2) is 10.6. The summed E-state index contributed by atoms with van der Waals surface area (Å²) >= 11 is 1.36. The molecular weight excluding hydrogens is 448 g/mol. The van der Waals surface area contributed by atoms with E-state index in [0.717, 1.165) is 5.56 Å². The molecule has 2 aromatic carbocycles. The normalized spacial score (nSPS) is 11.9. The van der Waals surface area contributed by atoms with Gasteiger partial charge in [-0.25, -0.2) is 13.4 Å². The van der Waals surface area contributed by atoms with Crippen LogP contribution in [0.25, 0.3) is 11.3 Å². The number of sulfonamides is 1. The van der Waals surface area contributed by atoms with Gasteiger partial charge in [0.1, 0.15) is 0 Å². The molecule has 2 N–H and O–H groups in total. The van der Waals surface area contributed by atoms with Crippen molar-refractivity contribution in [3.05, 3.63) is 53.4 Å². The van der Waals surface area contributed by atoms with Gasteiger partial charge < -0.3 is 9.84 Å². The number of nitrogens with one attached hydrogen (secondary N) is 1. The van der Waals surface area contributed by atoms with Crippen molar-refractivity contribution in [3.63, 3.8) is 0 Å². The highest BCUT2D eigenvalue weighted by molar-refractivity contribution is 7.89. The lowest BCUT2D eigenvalue weighted by atomic mass is 10.2. The number of aromatic hydroxyl groups is 1. The van der Waals surface area contributed by atoms with Crippen molar-refractivity contribution in [1.82, 2.24) is 9.29 Å². The fourth-order valence-corrected chi connectivity index (χ4v) is 5.20. The third-order valence-electron chi connectivity index (χ3n) is 4.63. The number of hydrazone groups is 1. The van der Waals surface area contributed by atoms with Crippen LogP contribution in [0.15, 0.2) is 57.8 Å². The SMILES string of the molecule is CCOc1cc(C=NNc2nc(-c3cccc(S(=O)(=O)N(CC)CC)c3)cs2)ccc1O.